The molecule has 0 aromatic heterocycles. The predicted molar refractivity (Wildman–Crippen MR) is 88.4 cm³/mol. The number of urea groups is 1. The summed E-state index contributed by atoms with van der Waals surface area (Å²) in [5.74, 6) is 0.956. The largest absolute Gasteiger partial charge is 0.323 e. The molecule has 1 N–H and O–H groups in total. The lowest BCUT2D eigenvalue weighted by Crippen LogP contribution is -2.38. The molecule has 0 saturated carbocycles. The third kappa shape index (κ3) is 3.09. The smallest absolute Gasteiger partial charge is 0.306 e. The van der Waals surface area contributed by atoms with Gasteiger partial charge < -0.3 is 10.2 Å². The van der Waals surface area contributed by atoms with Crippen LogP contribution in [0.25, 0.3) is 0 Å². The number of terminal acetylenes is 1. The topological polar surface area (TPSA) is 32.3 Å². The van der Waals surface area contributed by atoms with Crippen LogP contribution in [0.5, 0.6) is 0 Å². The van der Waals surface area contributed by atoms with E-state index in [0.29, 0.717) is 0 Å². The molecule has 2 aromatic rings. The van der Waals surface area contributed by atoms with E-state index in [2.05, 4.69) is 11.2 Å². The number of hydrogen-bond donors (Lipinski definition) is 1. The fraction of sp³-hybridized carbons (Fsp3) is 0.211. The molecule has 3 nitrogen and oxygen atoms in total. The Hall–Kier alpha value is -2.87. The van der Waals surface area contributed by atoms with Crippen LogP contribution in [0.2, 0.25) is 0 Å². The summed E-state index contributed by atoms with van der Waals surface area (Å²) in [7, 11) is 0. The van der Waals surface area contributed by atoms with Crippen LogP contribution in [0, 0.1) is 24.0 Å². The molecule has 2 aromatic carbocycles. The van der Waals surface area contributed by atoms with Gasteiger partial charge in [0.1, 0.15) is 11.6 Å². The summed E-state index contributed by atoms with van der Waals surface area (Å²) in [4.78, 5) is 14.1. The molecule has 3 rings (SSSR count). The molecular formula is C19H16F2N2O. The first-order valence-electron chi connectivity index (χ1n) is 7.64. The van der Waals surface area contributed by atoms with Crippen molar-refractivity contribution < 1.29 is 13.6 Å². The van der Waals surface area contributed by atoms with Crippen molar-refractivity contribution in [3.8, 4) is 12.3 Å². The van der Waals surface area contributed by atoms with Gasteiger partial charge in [-0.3, -0.25) is 0 Å². The van der Waals surface area contributed by atoms with Crippen LogP contribution < -0.4 is 5.32 Å². The zero-order valence-corrected chi connectivity index (χ0v) is 12.9. The van der Waals surface area contributed by atoms with Gasteiger partial charge in [-0.1, -0.05) is 30.2 Å². The lowest BCUT2D eigenvalue weighted by molar-refractivity contribution is 0.197. The molecule has 1 atom stereocenters. The van der Waals surface area contributed by atoms with E-state index in [0.717, 1.165) is 30.5 Å². The molecule has 122 valence electrons. The van der Waals surface area contributed by atoms with E-state index >= 15 is 0 Å². The van der Waals surface area contributed by atoms with E-state index in [1.807, 2.05) is 24.3 Å². The van der Waals surface area contributed by atoms with Crippen molar-refractivity contribution in [1.82, 2.24) is 4.90 Å². The Balaban J connectivity index is 1.84. The highest BCUT2D eigenvalue weighted by Gasteiger charge is 2.30. The quantitative estimate of drug-likeness (QED) is 0.846. The van der Waals surface area contributed by atoms with Gasteiger partial charge in [0.05, 0.1) is 18.3 Å². The maximum Gasteiger partial charge on any atom is 0.323 e. The highest BCUT2D eigenvalue weighted by molar-refractivity contribution is 5.90. The Labute approximate surface area is 139 Å². The van der Waals surface area contributed by atoms with Crippen molar-refractivity contribution in [2.75, 3.05) is 11.9 Å². The fourth-order valence-corrected chi connectivity index (χ4v) is 3.06. The molecule has 0 fully saturated rings. The van der Waals surface area contributed by atoms with E-state index in [-0.39, 0.29) is 18.3 Å². The molecule has 5 heteroatoms. The maximum absolute atomic E-state index is 13.8. The van der Waals surface area contributed by atoms with Gasteiger partial charge in [0, 0.05) is 6.07 Å². The van der Waals surface area contributed by atoms with E-state index < -0.39 is 17.7 Å². The van der Waals surface area contributed by atoms with Crippen LogP contribution in [0.3, 0.4) is 0 Å². The molecule has 1 unspecified atom stereocenters. The number of carbonyl (C=O) groups is 1. The van der Waals surface area contributed by atoms with Gasteiger partial charge in [-0.2, -0.15) is 0 Å². The van der Waals surface area contributed by atoms with Crippen molar-refractivity contribution >= 4 is 11.7 Å². The SMILES string of the molecule is C#CCN(C(=O)Nc1ccc(F)cc1F)C1CCc2ccccc21. The van der Waals surface area contributed by atoms with Crippen molar-refractivity contribution in [3.05, 3.63) is 65.2 Å². The van der Waals surface area contributed by atoms with E-state index in [1.165, 1.54) is 16.5 Å². The summed E-state index contributed by atoms with van der Waals surface area (Å²) >= 11 is 0. The third-order valence-corrected chi connectivity index (χ3v) is 4.17. The number of amides is 2. The number of rotatable bonds is 3. The van der Waals surface area contributed by atoms with Crippen molar-refractivity contribution in [1.29, 1.82) is 0 Å². The van der Waals surface area contributed by atoms with Gasteiger partial charge in [0.2, 0.25) is 0 Å². The van der Waals surface area contributed by atoms with Crippen LogP contribution in [0.15, 0.2) is 42.5 Å². The normalized spacial score (nSPS) is 15.5. The zero-order chi connectivity index (χ0) is 17.1. The first-order chi connectivity index (χ1) is 11.6. The number of halogens is 2. The number of aryl methyl sites for hydroxylation is 1. The first-order valence-corrected chi connectivity index (χ1v) is 7.64. The number of nitrogens with zero attached hydrogens (tertiary/aromatic N) is 1. The molecule has 0 saturated heterocycles. The number of benzene rings is 2. The molecular weight excluding hydrogens is 310 g/mol. The minimum atomic E-state index is -0.823. The molecule has 2 amide bonds. The minimum absolute atomic E-state index is 0.0743. The Bertz CT molecular complexity index is 813. The molecule has 1 aliphatic rings. The van der Waals surface area contributed by atoms with Gasteiger partial charge in [-0.15, -0.1) is 6.42 Å². The molecule has 0 aliphatic heterocycles. The number of carbonyl (C=O) groups excluding carboxylic acids is 1. The number of hydrogen-bond acceptors (Lipinski definition) is 1. The molecule has 0 radical (unpaired) electrons. The van der Waals surface area contributed by atoms with E-state index in [1.54, 1.807) is 0 Å². The van der Waals surface area contributed by atoms with Crippen LogP contribution >= 0.6 is 0 Å². The summed E-state index contributed by atoms with van der Waals surface area (Å²) in [6, 6.07) is 10.2. The average Bonchev–Trinajstić information content (AvgIpc) is 2.99. The van der Waals surface area contributed by atoms with Gasteiger partial charge in [0.25, 0.3) is 0 Å². The number of anilines is 1. The standard InChI is InChI=1S/C19H16F2N2O/c1-2-11-23(18-10-7-13-5-3-4-6-15(13)18)19(24)22-17-9-8-14(20)12-16(17)21/h1,3-6,8-9,12,18H,7,10-11H2,(H,22,24). The van der Waals surface area contributed by atoms with Crippen molar-refractivity contribution in [2.45, 2.75) is 18.9 Å². The Morgan fingerprint density at radius 3 is 2.83 bits per heavy atom. The fourth-order valence-electron chi connectivity index (χ4n) is 3.06. The van der Waals surface area contributed by atoms with Gasteiger partial charge in [-0.05, 0) is 36.1 Å². The van der Waals surface area contributed by atoms with E-state index in [9.17, 15) is 13.6 Å². The number of nitrogens with one attached hydrogen (secondary N) is 1. The lowest BCUT2D eigenvalue weighted by Gasteiger charge is -2.28. The summed E-state index contributed by atoms with van der Waals surface area (Å²) in [6.45, 7) is 0.105. The maximum atomic E-state index is 13.8. The summed E-state index contributed by atoms with van der Waals surface area (Å²) < 4.78 is 26.7. The first kappa shape index (κ1) is 16.0. The Morgan fingerprint density at radius 2 is 2.08 bits per heavy atom. The highest BCUT2D eigenvalue weighted by atomic mass is 19.1. The van der Waals surface area contributed by atoms with Gasteiger partial charge in [-0.25, -0.2) is 13.6 Å². The lowest BCUT2D eigenvalue weighted by atomic mass is 10.1. The second-order valence-corrected chi connectivity index (χ2v) is 5.64. The summed E-state index contributed by atoms with van der Waals surface area (Å²) in [5.41, 5.74) is 2.17. The summed E-state index contributed by atoms with van der Waals surface area (Å²) in [5, 5.41) is 2.48. The van der Waals surface area contributed by atoms with Crippen LogP contribution in [0.1, 0.15) is 23.6 Å². The Kier molecular flexibility index (Phi) is 4.48. The molecule has 0 bridgehead atoms. The van der Waals surface area contributed by atoms with Crippen molar-refractivity contribution in [2.24, 2.45) is 0 Å². The predicted octanol–water partition coefficient (Wildman–Crippen LogP) is 4.12. The van der Waals surface area contributed by atoms with E-state index in [4.69, 9.17) is 6.42 Å². The monoisotopic (exact) mass is 326 g/mol. The molecule has 0 spiro atoms. The average molecular weight is 326 g/mol. The van der Waals surface area contributed by atoms with Crippen molar-refractivity contribution in [3.63, 3.8) is 0 Å². The minimum Gasteiger partial charge on any atom is -0.306 e. The second kappa shape index (κ2) is 6.71. The van der Waals surface area contributed by atoms with Crippen LogP contribution in [-0.2, 0) is 6.42 Å². The number of fused-ring (bicyclic) bond motifs is 1. The zero-order valence-electron chi connectivity index (χ0n) is 12.9. The molecule has 0 heterocycles. The molecule has 24 heavy (non-hydrogen) atoms. The third-order valence-electron chi connectivity index (χ3n) is 4.17. The highest BCUT2D eigenvalue weighted by Crippen LogP contribution is 2.35. The molecule has 1 aliphatic carbocycles. The second-order valence-electron chi connectivity index (χ2n) is 5.64. The van der Waals surface area contributed by atoms with Gasteiger partial charge in [0.15, 0.2) is 0 Å². The van der Waals surface area contributed by atoms with Gasteiger partial charge >= 0.3 is 6.03 Å². The van der Waals surface area contributed by atoms with Crippen LogP contribution in [-0.4, -0.2) is 17.5 Å². The van der Waals surface area contributed by atoms with Crippen LogP contribution in [0.4, 0.5) is 19.3 Å². The Morgan fingerprint density at radius 1 is 1.29 bits per heavy atom. The summed E-state index contributed by atoms with van der Waals surface area (Å²) in [6.07, 6.45) is 7.03.